The number of Topliss-reactive ketones (excluding diaryl/α,β-unsaturated/α-hetero) is 1. The predicted molar refractivity (Wildman–Crippen MR) is 78.9 cm³/mol. The van der Waals surface area contributed by atoms with Crippen LogP contribution in [-0.2, 0) is 4.79 Å². The highest BCUT2D eigenvalue weighted by molar-refractivity contribution is 9.10. The predicted octanol–water partition coefficient (Wildman–Crippen LogP) is 4.79. The summed E-state index contributed by atoms with van der Waals surface area (Å²) in [4.78, 5) is 14.7. The van der Waals surface area contributed by atoms with Crippen molar-refractivity contribution in [3.05, 3.63) is 34.4 Å². The van der Waals surface area contributed by atoms with Crippen molar-refractivity contribution >= 4 is 32.6 Å². The van der Waals surface area contributed by atoms with Gasteiger partial charge >= 0.3 is 0 Å². The lowest BCUT2D eigenvalue weighted by molar-refractivity contribution is -0.117. The molecule has 0 spiro atoms. The second kappa shape index (κ2) is 5.70. The van der Waals surface area contributed by atoms with Crippen LogP contribution >= 0.6 is 15.9 Å². The van der Waals surface area contributed by atoms with Crippen LogP contribution in [0.3, 0.4) is 0 Å². The SMILES string of the molecule is CCC[C@@H](CC(C)=O)c1c[nH]c2ccc(Br)cc12. The van der Waals surface area contributed by atoms with Crippen LogP contribution in [0.1, 0.15) is 44.6 Å². The molecule has 96 valence electrons. The molecule has 1 heterocycles. The van der Waals surface area contributed by atoms with Crippen LogP contribution in [0, 0.1) is 0 Å². The second-order valence-corrected chi connectivity index (χ2v) is 5.74. The molecule has 0 amide bonds. The number of rotatable bonds is 5. The summed E-state index contributed by atoms with van der Waals surface area (Å²) in [5, 5.41) is 1.23. The Hall–Kier alpha value is -1.09. The van der Waals surface area contributed by atoms with Gasteiger partial charge in [-0.3, -0.25) is 0 Å². The maximum Gasteiger partial charge on any atom is 0.130 e. The maximum atomic E-state index is 11.4. The van der Waals surface area contributed by atoms with Gasteiger partial charge in [-0.05, 0) is 43.0 Å². The summed E-state index contributed by atoms with van der Waals surface area (Å²) in [6.07, 6.45) is 4.84. The van der Waals surface area contributed by atoms with E-state index in [1.54, 1.807) is 6.92 Å². The zero-order chi connectivity index (χ0) is 13.1. The van der Waals surface area contributed by atoms with E-state index >= 15 is 0 Å². The third-order valence-electron chi connectivity index (χ3n) is 3.29. The highest BCUT2D eigenvalue weighted by Gasteiger charge is 2.17. The smallest absolute Gasteiger partial charge is 0.130 e. The fraction of sp³-hybridized carbons (Fsp3) is 0.400. The van der Waals surface area contributed by atoms with Gasteiger partial charge in [0.2, 0.25) is 0 Å². The summed E-state index contributed by atoms with van der Waals surface area (Å²) in [7, 11) is 0. The Morgan fingerprint density at radius 2 is 2.22 bits per heavy atom. The molecule has 0 aliphatic heterocycles. The van der Waals surface area contributed by atoms with E-state index in [0.717, 1.165) is 22.8 Å². The van der Waals surface area contributed by atoms with Gasteiger partial charge in [-0.25, -0.2) is 0 Å². The molecule has 0 saturated carbocycles. The van der Waals surface area contributed by atoms with Gasteiger partial charge in [0.15, 0.2) is 0 Å². The van der Waals surface area contributed by atoms with Gasteiger partial charge in [0.25, 0.3) is 0 Å². The van der Waals surface area contributed by atoms with Crippen LogP contribution in [0.5, 0.6) is 0 Å². The Morgan fingerprint density at radius 3 is 2.89 bits per heavy atom. The van der Waals surface area contributed by atoms with Gasteiger partial charge in [-0.15, -0.1) is 0 Å². The molecule has 0 fully saturated rings. The van der Waals surface area contributed by atoms with E-state index in [1.165, 1.54) is 10.9 Å². The largest absolute Gasteiger partial charge is 0.361 e. The topological polar surface area (TPSA) is 32.9 Å². The Balaban J connectivity index is 2.42. The molecular weight excluding hydrogens is 290 g/mol. The van der Waals surface area contributed by atoms with E-state index in [2.05, 4.69) is 46.2 Å². The number of benzene rings is 1. The van der Waals surface area contributed by atoms with E-state index in [4.69, 9.17) is 0 Å². The molecule has 2 nitrogen and oxygen atoms in total. The molecule has 0 aliphatic carbocycles. The van der Waals surface area contributed by atoms with E-state index in [9.17, 15) is 4.79 Å². The second-order valence-electron chi connectivity index (χ2n) is 4.83. The van der Waals surface area contributed by atoms with Gasteiger partial charge in [-0.1, -0.05) is 29.3 Å². The van der Waals surface area contributed by atoms with Crippen LogP contribution in [-0.4, -0.2) is 10.8 Å². The van der Waals surface area contributed by atoms with Gasteiger partial charge in [0.1, 0.15) is 5.78 Å². The summed E-state index contributed by atoms with van der Waals surface area (Å²) in [6.45, 7) is 3.84. The summed E-state index contributed by atoms with van der Waals surface area (Å²) in [5.74, 6) is 0.591. The Morgan fingerprint density at radius 1 is 1.44 bits per heavy atom. The van der Waals surface area contributed by atoms with Crippen molar-refractivity contribution in [2.24, 2.45) is 0 Å². The Labute approximate surface area is 116 Å². The first-order valence-corrected chi connectivity index (χ1v) is 7.17. The number of hydrogen-bond acceptors (Lipinski definition) is 1. The van der Waals surface area contributed by atoms with Gasteiger partial charge in [0, 0.05) is 28.0 Å². The monoisotopic (exact) mass is 307 g/mol. The van der Waals surface area contributed by atoms with Crippen molar-refractivity contribution in [3.63, 3.8) is 0 Å². The molecule has 1 N–H and O–H groups in total. The lowest BCUT2D eigenvalue weighted by atomic mass is 9.90. The lowest BCUT2D eigenvalue weighted by Crippen LogP contribution is -2.03. The summed E-state index contributed by atoms with van der Waals surface area (Å²) >= 11 is 3.51. The molecule has 0 aliphatic rings. The normalized spacial score (nSPS) is 12.8. The number of halogens is 1. The number of hydrogen-bond donors (Lipinski definition) is 1. The summed E-state index contributed by atoms with van der Waals surface area (Å²) in [5.41, 5.74) is 2.40. The maximum absolute atomic E-state index is 11.4. The molecule has 2 aromatic rings. The van der Waals surface area contributed by atoms with Crippen molar-refractivity contribution in [2.45, 2.75) is 39.0 Å². The van der Waals surface area contributed by atoms with Gasteiger partial charge in [0.05, 0.1) is 0 Å². The highest BCUT2D eigenvalue weighted by Crippen LogP contribution is 2.32. The highest BCUT2D eigenvalue weighted by atomic mass is 79.9. The first-order chi connectivity index (χ1) is 8.61. The van der Waals surface area contributed by atoms with Crippen molar-refractivity contribution in [3.8, 4) is 0 Å². The van der Waals surface area contributed by atoms with Crippen LogP contribution in [0.2, 0.25) is 0 Å². The molecule has 0 bridgehead atoms. The molecular formula is C15H18BrNO. The average molecular weight is 308 g/mol. The molecule has 0 unspecified atom stereocenters. The minimum Gasteiger partial charge on any atom is -0.361 e. The first kappa shape index (κ1) is 13.3. The number of H-pyrrole nitrogens is 1. The van der Waals surface area contributed by atoms with E-state index in [1.807, 2.05) is 6.07 Å². The first-order valence-electron chi connectivity index (χ1n) is 6.37. The lowest BCUT2D eigenvalue weighted by Gasteiger charge is -2.13. The van der Waals surface area contributed by atoms with Gasteiger partial charge in [-0.2, -0.15) is 0 Å². The molecule has 1 aromatic carbocycles. The van der Waals surface area contributed by atoms with Crippen LogP contribution < -0.4 is 0 Å². The number of aromatic nitrogens is 1. The van der Waals surface area contributed by atoms with E-state index in [-0.39, 0.29) is 5.78 Å². The zero-order valence-electron chi connectivity index (χ0n) is 10.8. The van der Waals surface area contributed by atoms with Crippen molar-refractivity contribution in [1.29, 1.82) is 0 Å². The molecule has 0 saturated heterocycles. The number of fused-ring (bicyclic) bond motifs is 1. The zero-order valence-corrected chi connectivity index (χ0v) is 12.4. The van der Waals surface area contributed by atoms with Crippen LogP contribution in [0.15, 0.2) is 28.9 Å². The molecule has 18 heavy (non-hydrogen) atoms. The number of carbonyl (C=O) groups is 1. The third kappa shape index (κ3) is 2.83. The fourth-order valence-electron chi connectivity index (χ4n) is 2.52. The van der Waals surface area contributed by atoms with Crippen molar-refractivity contribution in [2.75, 3.05) is 0 Å². The minimum atomic E-state index is 0.262. The van der Waals surface area contributed by atoms with Crippen molar-refractivity contribution < 1.29 is 4.79 Å². The molecule has 3 heteroatoms. The summed E-state index contributed by atoms with van der Waals surface area (Å²) in [6, 6.07) is 6.23. The minimum absolute atomic E-state index is 0.262. The van der Waals surface area contributed by atoms with E-state index in [0.29, 0.717) is 12.3 Å². The quantitative estimate of drug-likeness (QED) is 0.846. The van der Waals surface area contributed by atoms with Crippen LogP contribution in [0.25, 0.3) is 10.9 Å². The van der Waals surface area contributed by atoms with Gasteiger partial charge < -0.3 is 9.78 Å². The number of carbonyl (C=O) groups excluding carboxylic acids is 1. The standard InChI is InChI=1S/C15H18BrNO/c1-3-4-11(7-10(2)18)14-9-17-15-6-5-12(16)8-13(14)15/h5-6,8-9,11,17H,3-4,7H2,1-2H3/t11-/m0/s1. The van der Waals surface area contributed by atoms with E-state index < -0.39 is 0 Å². The molecule has 1 atom stereocenters. The fourth-order valence-corrected chi connectivity index (χ4v) is 2.88. The summed E-state index contributed by atoms with van der Waals surface area (Å²) < 4.78 is 1.08. The number of aromatic amines is 1. The number of nitrogens with one attached hydrogen (secondary N) is 1. The Kier molecular flexibility index (Phi) is 4.23. The average Bonchev–Trinajstić information content (AvgIpc) is 2.70. The number of ketones is 1. The molecule has 0 radical (unpaired) electrons. The third-order valence-corrected chi connectivity index (χ3v) is 3.78. The van der Waals surface area contributed by atoms with Crippen molar-refractivity contribution in [1.82, 2.24) is 4.98 Å². The van der Waals surface area contributed by atoms with Crippen LogP contribution in [0.4, 0.5) is 0 Å². The molecule has 1 aromatic heterocycles. The molecule has 2 rings (SSSR count). The Bertz CT molecular complexity index is 559.